The van der Waals surface area contributed by atoms with Gasteiger partial charge in [-0.2, -0.15) is 0 Å². The van der Waals surface area contributed by atoms with Gasteiger partial charge in [0.05, 0.1) is 19.8 Å². The topological polar surface area (TPSA) is 66.2 Å². The van der Waals surface area contributed by atoms with Crippen LogP contribution >= 0.6 is 0 Å². The zero-order chi connectivity index (χ0) is 10.6. The number of hydrogen-bond donors (Lipinski definition) is 0. The highest BCUT2D eigenvalue weighted by atomic mass is 16.5. The van der Waals surface area contributed by atoms with Crippen LogP contribution in [-0.2, 0) is 9.47 Å². The van der Waals surface area contributed by atoms with E-state index in [2.05, 4.69) is 14.8 Å². The fourth-order valence-corrected chi connectivity index (χ4v) is 0.990. The first-order chi connectivity index (χ1) is 6.69. The summed E-state index contributed by atoms with van der Waals surface area (Å²) in [6, 6.07) is 0.0471. The molecule has 1 aromatic rings. The molecular formula is C8H13N3O3. The molecule has 1 heterocycles. The number of methoxy groups -OCH3 is 2. The van der Waals surface area contributed by atoms with Crippen molar-refractivity contribution in [3.8, 4) is 0 Å². The van der Waals surface area contributed by atoms with Crippen molar-refractivity contribution in [3.63, 3.8) is 0 Å². The lowest BCUT2D eigenvalue weighted by Crippen LogP contribution is -2.13. The van der Waals surface area contributed by atoms with Crippen LogP contribution < -0.4 is 0 Å². The van der Waals surface area contributed by atoms with E-state index in [9.17, 15) is 4.79 Å². The molecule has 1 atom stereocenters. The van der Waals surface area contributed by atoms with Gasteiger partial charge < -0.3 is 9.47 Å². The molecule has 6 nitrogen and oxygen atoms in total. The van der Waals surface area contributed by atoms with Gasteiger partial charge in [-0.05, 0) is 6.92 Å². The third-order valence-corrected chi connectivity index (χ3v) is 1.74. The highest BCUT2D eigenvalue weighted by Crippen LogP contribution is 2.03. The second kappa shape index (κ2) is 4.71. The molecule has 0 spiro atoms. The molecule has 0 bridgehead atoms. The van der Waals surface area contributed by atoms with E-state index in [-0.39, 0.29) is 11.9 Å². The molecule has 0 amide bonds. The first-order valence-electron chi connectivity index (χ1n) is 4.17. The molecule has 6 heteroatoms. The third-order valence-electron chi connectivity index (χ3n) is 1.74. The average molecular weight is 199 g/mol. The predicted octanol–water partition coefficient (Wildman–Crippen LogP) is 0.272. The van der Waals surface area contributed by atoms with Crippen molar-refractivity contribution in [3.05, 3.63) is 12.2 Å². The molecule has 1 unspecified atom stereocenters. The number of carbonyl (C=O) groups excluding carboxylic acids is 1. The Balaban J connectivity index is 2.72. The molecule has 0 aliphatic heterocycles. The van der Waals surface area contributed by atoms with E-state index in [4.69, 9.17) is 4.74 Å². The van der Waals surface area contributed by atoms with Crippen molar-refractivity contribution in [2.75, 3.05) is 20.8 Å². The summed E-state index contributed by atoms with van der Waals surface area (Å²) in [5.41, 5.74) is 0. The maximum Gasteiger partial charge on any atom is 0.377 e. The fraction of sp³-hybridized carbons (Fsp3) is 0.625. The van der Waals surface area contributed by atoms with E-state index < -0.39 is 5.97 Å². The van der Waals surface area contributed by atoms with Crippen LogP contribution in [0, 0.1) is 0 Å². The molecule has 78 valence electrons. The summed E-state index contributed by atoms with van der Waals surface area (Å²) >= 11 is 0. The Morgan fingerprint density at radius 3 is 2.93 bits per heavy atom. The molecule has 0 saturated carbocycles. The first-order valence-corrected chi connectivity index (χ1v) is 4.17. The van der Waals surface area contributed by atoms with E-state index in [1.165, 1.54) is 13.4 Å². The lowest BCUT2D eigenvalue weighted by atomic mass is 10.4. The van der Waals surface area contributed by atoms with Crippen LogP contribution in [0.2, 0.25) is 0 Å². The van der Waals surface area contributed by atoms with Gasteiger partial charge >= 0.3 is 5.97 Å². The molecule has 0 N–H and O–H groups in total. The largest absolute Gasteiger partial charge is 0.463 e. The zero-order valence-electron chi connectivity index (χ0n) is 8.43. The van der Waals surface area contributed by atoms with Crippen molar-refractivity contribution in [2.24, 2.45) is 0 Å². The van der Waals surface area contributed by atoms with Crippen LogP contribution in [0.15, 0.2) is 6.33 Å². The molecule has 0 aliphatic carbocycles. The molecule has 1 rings (SSSR count). The van der Waals surface area contributed by atoms with Gasteiger partial charge in [-0.1, -0.05) is 0 Å². The van der Waals surface area contributed by atoms with Gasteiger partial charge in [-0.3, -0.25) is 0 Å². The second-order valence-corrected chi connectivity index (χ2v) is 2.84. The Bertz CT molecular complexity index is 311. The monoisotopic (exact) mass is 199 g/mol. The van der Waals surface area contributed by atoms with Gasteiger partial charge in [-0.15, -0.1) is 5.10 Å². The lowest BCUT2D eigenvalue weighted by molar-refractivity contribution is 0.0585. The molecule has 0 aromatic carbocycles. The van der Waals surface area contributed by atoms with Crippen molar-refractivity contribution in [1.82, 2.24) is 14.8 Å². The molecule has 0 fully saturated rings. The maximum absolute atomic E-state index is 11.0. The quantitative estimate of drug-likeness (QED) is 0.651. The Hall–Kier alpha value is -1.43. The normalized spacial score (nSPS) is 12.5. The van der Waals surface area contributed by atoms with Crippen molar-refractivity contribution in [2.45, 2.75) is 13.0 Å². The van der Waals surface area contributed by atoms with Gasteiger partial charge in [0, 0.05) is 7.11 Å². The number of nitrogens with zero attached hydrogens (tertiary/aromatic N) is 3. The third kappa shape index (κ3) is 2.29. The summed E-state index contributed by atoms with van der Waals surface area (Å²) in [5.74, 6) is -0.469. The van der Waals surface area contributed by atoms with E-state index in [1.807, 2.05) is 6.92 Å². The Labute approximate surface area is 81.8 Å². The number of ether oxygens (including phenoxy) is 2. The molecule has 1 aromatic heterocycles. The van der Waals surface area contributed by atoms with Gasteiger partial charge in [-0.25, -0.2) is 14.5 Å². The van der Waals surface area contributed by atoms with Crippen LogP contribution in [0.25, 0.3) is 0 Å². The van der Waals surface area contributed by atoms with Crippen LogP contribution in [0.5, 0.6) is 0 Å². The molecule has 0 radical (unpaired) electrons. The first kappa shape index (κ1) is 10.6. The number of carbonyl (C=O) groups is 1. The fourth-order valence-electron chi connectivity index (χ4n) is 0.990. The van der Waals surface area contributed by atoms with E-state index in [0.717, 1.165) is 0 Å². The average Bonchev–Trinajstić information content (AvgIpc) is 2.66. The molecule has 0 aliphatic rings. The summed E-state index contributed by atoms with van der Waals surface area (Å²) in [6.45, 7) is 2.43. The standard InChI is InChI=1S/C8H13N3O3/c1-6(4-13-2)11-5-9-7(10-11)8(12)14-3/h5-6H,4H2,1-3H3. The minimum Gasteiger partial charge on any atom is -0.463 e. The summed E-state index contributed by atoms with van der Waals surface area (Å²) in [6.07, 6.45) is 1.48. The van der Waals surface area contributed by atoms with Crippen molar-refractivity contribution < 1.29 is 14.3 Å². The molecular weight excluding hydrogens is 186 g/mol. The van der Waals surface area contributed by atoms with Crippen LogP contribution in [0.3, 0.4) is 0 Å². The SMILES string of the molecule is COCC(C)n1cnc(C(=O)OC)n1. The number of esters is 1. The molecule has 0 saturated heterocycles. The second-order valence-electron chi connectivity index (χ2n) is 2.84. The summed E-state index contributed by atoms with van der Waals surface area (Å²) in [4.78, 5) is 14.8. The van der Waals surface area contributed by atoms with Gasteiger partial charge in [0.1, 0.15) is 6.33 Å². The summed E-state index contributed by atoms with van der Waals surface area (Å²) in [7, 11) is 2.90. The van der Waals surface area contributed by atoms with Crippen LogP contribution in [-0.4, -0.2) is 41.6 Å². The number of aromatic nitrogens is 3. The smallest absolute Gasteiger partial charge is 0.377 e. The minimum atomic E-state index is -0.534. The summed E-state index contributed by atoms with van der Waals surface area (Å²) < 4.78 is 11.0. The predicted molar refractivity (Wildman–Crippen MR) is 47.9 cm³/mol. The summed E-state index contributed by atoms with van der Waals surface area (Å²) in [5, 5.41) is 3.95. The van der Waals surface area contributed by atoms with Gasteiger partial charge in [0.2, 0.25) is 0 Å². The Morgan fingerprint density at radius 1 is 1.64 bits per heavy atom. The highest BCUT2D eigenvalue weighted by Gasteiger charge is 2.13. The number of rotatable bonds is 4. The zero-order valence-corrected chi connectivity index (χ0v) is 8.43. The Morgan fingerprint density at radius 2 is 2.36 bits per heavy atom. The van der Waals surface area contributed by atoms with E-state index in [1.54, 1.807) is 11.8 Å². The highest BCUT2D eigenvalue weighted by molar-refractivity contribution is 5.84. The van der Waals surface area contributed by atoms with Crippen LogP contribution in [0.4, 0.5) is 0 Å². The minimum absolute atomic E-state index is 0.0471. The Kier molecular flexibility index (Phi) is 3.58. The molecule has 14 heavy (non-hydrogen) atoms. The lowest BCUT2D eigenvalue weighted by Gasteiger charge is -2.08. The van der Waals surface area contributed by atoms with Crippen molar-refractivity contribution in [1.29, 1.82) is 0 Å². The maximum atomic E-state index is 11.0. The van der Waals surface area contributed by atoms with Crippen molar-refractivity contribution >= 4 is 5.97 Å². The van der Waals surface area contributed by atoms with E-state index >= 15 is 0 Å². The van der Waals surface area contributed by atoms with Gasteiger partial charge in [0.15, 0.2) is 0 Å². The van der Waals surface area contributed by atoms with Crippen LogP contribution in [0.1, 0.15) is 23.6 Å². The number of hydrogen-bond acceptors (Lipinski definition) is 5. The van der Waals surface area contributed by atoms with E-state index in [0.29, 0.717) is 6.61 Å². The van der Waals surface area contributed by atoms with Gasteiger partial charge in [0.25, 0.3) is 5.82 Å².